The second-order valence-corrected chi connectivity index (χ2v) is 7.46. The number of nitrogen functional groups attached to an aromatic ring is 1. The number of nitrogens with one attached hydrogen (secondary N) is 1. The molecule has 32 heavy (non-hydrogen) atoms. The van der Waals surface area contributed by atoms with E-state index in [1.807, 2.05) is 6.07 Å². The Morgan fingerprint density at radius 2 is 1.75 bits per heavy atom. The third-order valence-electron chi connectivity index (χ3n) is 5.28. The summed E-state index contributed by atoms with van der Waals surface area (Å²) in [5.41, 5.74) is 6.72. The molecule has 9 nitrogen and oxygen atoms in total. The van der Waals surface area contributed by atoms with E-state index in [1.54, 1.807) is 48.5 Å². The van der Waals surface area contributed by atoms with Gasteiger partial charge in [0.15, 0.2) is 0 Å². The van der Waals surface area contributed by atoms with Gasteiger partial charge in [0, 0.05) is 25.2 Å². The molecule has 2 aromatic rings. The van der Waals surface area contributed by atoms with Gasteiger partial charge in [-0.05, 0) is 36.2 Å². The Kier molecular flexibility index (Phi) is 7.43. The third kappa shape index (κ3) is 5.63. The predicted molar refractivity (Wildman–Crippen MR) is 117 cm³/mol. The van der Waals surface area contributed by atoms with Crippen LogP contribution in [0.1, 0.15) is 30.0 Å². The summed E-state index contributed by atoms with van der Waals surface area (Å²) in [5, 5.41) is 16.7. The SMILES string of the molecule is N=C(N)c1ccc(OCCCN2CCN(C(CC(=O)O)c3ccccc3)C(=O)C2=O)cc1. The van der Waals surface area contributed by atoms with Gasteiger partial charge in [-0.25, -0.2) is 0 Å². The zero-order chi connectivity index (χ0) is 23.1. The highest BCUT2D eigenvalue weighted by Gasteiger charge is 2.37. The Labute approximate surface area is 185 Å². The highest BCUT2D eigenvalue weighted by atomic mass is 16.5. The monoisotopic (exact) mass is 438 g/mol. The van der Waals surface area contributed by atoms with E-state index < -0.39 is 23.8 Å². The number of hydrogen-bond acceptors (Lipinski definition) is 5. The molecule has 9 heteroatoms. The minimum atomic E-state index is -1.03. The quantitative estimate of drug-likeness (QED) is 0.223. The van der Waals surface area contributed by atoms with Crippen LogP contribution in [0.25, 0.3) is 0 Å². The fourth-order valence-electron chi connectivity index (χ4n) is 3.63. The maximum atomic E-state index is 12.8. The number of carbonyl (C=O) groups is 3. The standard InChI is InChI=1S/C23H26N4O5/c24-21(25)17-7-9-18(10-8-17)32-14-4-11-26-12-13-27(23(31)22(26)30)19(15-20(28)29)16-5-2-1-3-6-16/h1-3,5-10,19H,4,11-15H2,(H3,24,25)(H,28,29). The van der Waals surface area contributed by atoms with Crippen molar-refractivity contribution in [2.24, 2.45) is 5.73 Å². The number of carbonyl (C=O) groups excluding carboxylic acids is 2. The van der Waals surface area contributed by atoms with Crippen molar-refractivity contribution in [2.45, 2.75) is 18.9 Å². The highest BCUT2D eigenvalue weighted by molar-refractivity contribution is 6.35. The molecule has 2 aromatic carbocycles. The number of nitrogens with two attached hydrogens (primary N) is 1. The molecule has 1 saturated heterocycles. The molecule has 0 saturated carbocycles. The maximum Gasteiger partial charge on any atom is 0.312 e. The first-order chi connectivity index (χ1) is 15.4. The molecule has 0 spiro atoms. The van der Waals surface area contributed by atoms with Crippen molar-refractivity contribution < 1.29 is 24.2 Å². The first-order valence-corrected chi connectivity index (χ1v) is 10.3. The van der Waals surface area contributed by atoms with Gasteiger partial charge in [-0.15, -0.1) is 0 Å². The first kappa shape index (κ1) is 22.8. The number of rotatable bonds is 10. The van der Waals surface area contributed by atoms with Crippen molar-refractivity contribution in [3.8, 4) is 5.75 Å². The average Bonchev–Trinajstić information content (AvgIpc) is 2.79. The summed E-state index contributed by atoms with van der Waals surface area (Å²) in [6, 6.07) is 15.0. The van der Waals surface area contributed by atoms with Crippen molar-refractivity contribution in [1.82, 2.24) is 9.80 Å². The summed E-state index contributed by atoms with van der Waals surface area (Å²) in [6.07, 6.45) is 0.268. The van der Waals surface area contributed by atoms with Crippen LogP contribution in [-0.4, -0.2) is 64.8 Å². The molecule has 0 radical (unpaired) electrons. The Hall–Kier alpha value is -3.88. The van der Waals surface area contributed by atoms with E-state index in [2.05, 4.69) is 0 Å². The van der Waals surface area contributed by atoms with Crippen molar-refractivity contribution in [2.75, 3.05) is 26.2 Å². The van der Waals surface area contributed by atoms with Crippen LogP contribution in [0.2, 0.25) is 0 Å². The van der Waals surface area contributed by atoms with Crippen LogP contribution < -0.4 is 10.5 Å². The number of ether oxygens (including phenoxy) is 1. The van der Waals surface area contributed by atoms with Crippen molar-refractivity contribution in [1.29, 1.82) is 5.41 Å². The number of carboxylic acid groups (broad SMARTS) is 1. The van der Waals surface area contributed by atoms with Crippen LogP contribution >= 0.6 is 0 Å². The Balaban J connectivity index is 1.53. The van der Waals surface area contributed by atoms with E-state index in [4.69, 9.17) is 15.9 Å². The van der Waals surface area contributed by atoms with E-state index in [1.165, 1.54) is 9.80 Å². The molecule has 1 fully saturated rings. The number of nitrogens with zero attached hydrogens (tertiary/aromatic N) is 2. The Morgan fingerprint density at radius 1 is 1.06 bits per heavy atom. The lowest BCUT2D eigenvalue weighted by Crippen LogP contribution is -2.55. The van der Waals surface area contributed by atoms with Crippen LogP contribution in [0.4, 0.5) is 0 Å². The fourth-order valence-corrected chi connectivity index (χ4v) is 3.63. The molecule has 3 rings (SSSR count). The van der Waals surface area contributed by atoms with Crippen LogP contribution in [0.3, 0.4) is 0 Å². The minimum Gasteiger partial charge on any atom is -0.494 e. The van der Waals surface area contributed by atoms with Gasteiger partial charge < -0.3 is 25.4 Å². The molecule has 1 atom stereocenters. The molecule has 1 unspecified atom stereocenters. The number of carboxylic acids is 1. The summed E-state index contributed by atoms with van der Waals surface area (Å²) in [6.45, 7) is 1.32. The number of benzene rings is 2. The van der Waals surface area contributed by atoms with Gasteiger partial charge in [0.05, 0.1) is 19.1 Å². The number of amidine groups is 1. The van der Waals surface area contributed by atoms with Gasteiger partial charge in [0.2, 0.25) is 0 Å². The molecule has 4 N–H and O–H groups in total. The molecule has 0 aromatic heterocycles. The fraction of sp³-hybridized carbons (Fsp3) is 0.304. The third-order valence-corrected chi connectivity index (χ3v) is 5.28. The van der Waals surface area contributed by atoms with Gasteiger partial charge in [-0.3, -0.25) is 19.8 Å². The van der Waals surface area contributed by atoms with Gasteiger partial charge >= 0.3 is 17.8 Å². The van der Waals surface area contributed by atoms with E-state index in [0.717, 1.165) is 0 Å². The van der Waals surface area contributed by atoms with Gasteiger partial charge in [-0.2, -0.15) is 0 Å². The maximum absolute atomic E-state index is 12.8. The molecule has 1 aliphatic heterocycles. The first-order valence-electron chi connectivity index (χ1n) is 10.3. The van der Waals surface area contributed by atoms with Crippen LogP contribution in [0, 0.1) is 5.41 Å². The molecular formula is C23H26N4O5. The van der Waals surface area contributed by atoms with Gasteiger partial charge in [0.25, 0.3) is 0 Å². The number of amides is 2. The zero-order valence-electron chi connectivity index (χ0n) is 17.6. The van der Waals surface area contributed by atoms with Gasteiger partial charge in [-0.1, -0.05) is 30.3 Å². The van der Waals surface area contributed by atoms with Crippen LogP contribution in [0.15, 0.2) is 54.6 Å². The lowest BCUT2D eigenvalue weighted by atomic mass is 10.0. The minimum absolute atomic E-state index is 0.0169. The molecule has 0 bridgehead atoms. The Morgan fingerprint density at radius 3 is 2.38 bits per heavy atom. The molecule has 2 amide bonds. The summed E-state index contributed by atoms with van der Waals surface area (Å²) >= 11 is 0. The number of hydrogen-bond donors (Lipinski definition) is 3. The van der Waals surface area contributed by atoms with Crippen molar-refractivity contribution in [3.63, 3.8) is 0 Å². The Bertz CT molecular complexity index is 978. The summed E-state index contributed by atoms with van der Waals surface area (Å²) < 4.78 is 5.64. The number of aliphatic carboxylic acids is 1. The molecular weight excluding hydrogens is 412 g/mol. The topological polar surface area (TPSA) is 137 Å². The zero-order valence-corrected chi connectivity index (χ0v) is 17.6. The molecule has 0 aliphatic carbocycles. The normalized spacial score (nSPS) is 14.9. The largest absolute Gasteiger partial charge is 0.494 e. The van der Waals surface area contributed by atoms with E-state index in [0.29, 0.717) is 43.0 Å². The lowest BCUT2D eigenvalue weighted by Gasteiger charge is -2.38. The number of piperazine rings is 1. The average molecular weight is 438 g/mol. The second-order valence-electron chi connectivity index (χ2n) is 7.46. The van der Waals surface area contributed by atoms with Gasteiger partial charge in [0.1, 0.15) is 11.6 Å². The summed E-state index contributed by atoms with van der Waals surface area (Å²) in [4.78, 5) is 39.6. The van der Waals surface area contributed by atoms with Crippen molar-refractivity contribution >= 4 is 23.6 Å². The van der Waals surface area contributed by atoms with Crippen LogP contribution in [-0.2, 0) is 14.4 Å². The lowest BCUT2D eigenvalue weighted by molar-refractivity contribution is -0.159. The predicted octanol–water partition coefficient (Wildman–Crippen LogP) is 1.63. The smallest absolute Gasteiger partial charge is 0.312 e. The molecule has 1 heterocycles. The highest BCUT2D eigenvalue weighted by Crippen LogP contribution is 2.26. The van der Waals surface area contributed by atoms with Crippen LogP contribution in [0.5, 0.6) is 5.75 Å². The summed E-state index contributed by atoms with van der Waals surface area (Å²) in [5.74, 6) is -1.74. The second kappa shape index (κ2) is 10.4. The molecule has 168 valence electrons. The van der Waals surface area contributed by atoms with E-state index >= 15 is 0 Å². The van der Waals surface area contributed by atoms with Crippen molar-refractivity contribution in [3.05, 3.63) is 65.7 Å². The van der Waals surface area contributed by atoms with E-state index in [9.17, 15) is 19.5 Å². The summed E-state index contributed by atoms with van der Waals surface area (Å²) in [7, 11) is 0. The molecule has 1 aliphatic rings. The van der Waals surface area contributed by atoms with E-state index in [-0.39, 0.29) is 18.8 Å².